The molecule has 0 saturated carbocycles. The third-order valence-electron chi connectivity index (χ3n) is 3.27. The number of amides is 1. The van der Waals surface area contributed by atoms with E-state index in [4.69, 9.17) is 0 Å². The fourth-order valence-corrected chi connectivity index (χ4v) is 3.49. The number of rotatable bonds is 9. The highest BCUT2D eigenvalue weighted by atomic mass is 32.2. The first-order valence-electron chi connectivity index (χ1n) is 7.50. The average molecular weight is 327 g/mol. The topological polar surface area (TPSA) is 78.5 Å². The van der Waals surface area contributed by atoms with Gasteiger partial charge >= 0.3 is 0 Å². The lowest BCUT2D eigenvalue weighted by molar-refractivity contribution is -0.113. The molecule has 0 radical (unpaired) electrons. The highest BCUT2D eigenvalue weighted by Crippen LogP contribution is 2.15. The van der Waals surface area contributed by atoms with E-state index in [2.05, 4.69) is 10.6 Å². The van der Waals surface area contributed by atoms with E-state index < -0.39 is 21.7 Å². The number of hydrogen-bond donors (Lipinski definition) is 2. The van der Waals surface area contributed by atoms with Crippen LogP contribution in [0.4, 0.5) is 5.69 Å². The number of carbonyl (C=O) groups is 1. The van der Waals surface area contributed by atoms with Gasteiger partial charge in [0.2, 0.25) is 15.9 Å². The van der Waals surface area contributed by atoms with Crippen molar-refractivity contribution in [2.75, 3.05) is 30.7 Å². The van der Waals surface area contributed by atoms with Crippen molar-refractivity contribution in [3.8, 4) is 0 Å². The van der Waals surface area contributed by atoms with Gasteiger partial charge in [-0.15, -0.1) is 0 Å². The molecule has 0 atom stereocenters. The van der Waals surface area contributed by atoms with Crippen LogP contribution in [-0.2, 0) is 21.4 Å². The number of sulfonamides is 1. The first-order chi connectivity index (χ1) is 10.4. The van der Waals surface area contributed by atoms with E-state index in [0.29, 0.717) is 25.3 Å². The van der Waals surface area contributed by atoms with Gasteiger partial charge in [-0.2, -0.15) is 0 Å². The van der Waals surface area contributed by atoms with E-state index in [9.17, 15) is 13.2 Å². The zero-order valence-corrected chi connectivity index (χ0v) is 14.2. The van der Waals surface area contributed by atoms with Crippen LogP contribution < -0.4 is 10.6 Å². The quantitative estimate of drug-likeness (QED) is 0.719. The molecule has 124 valence electrons. The van der Waals surface area contributed by atoms with Crippen LogP contribution in [0.5, 0.6) is 0 Å². The van der Waals surface area contributed by atoms with Crippen molar-refractivity contribution >= 4 is 21.6 Å². The summed E-state index contributed by atoms with van der Waals surface area (Å²) in [6.07, 6.45) is 0. The molecule has 0 aliphatic heterocycles. The third-order valence-corrected chi connectivity index (χ3v) is 5.20. The molecule has 0 bridgehead atoms. The molecule has 0 spiro atoms. The van der Waals surface area contributed by atoms with E-state index in [1.807, 2.05) is 25.1 Å². The standard InChI is InChI=1S/C15H25N3O3S/c1-4-16-11-13-9-7-8-10-14(13)17-15(19)12-22(20,21)18(5-2)6-3/h7-10,16H,4-6,11-12H2,1-3H3,(H,17,19). The Bertz CT molecular complexity index is 583. The third kappa shape index (κ3) is 5.40. The molecule has 0 fully saturated rings. The van der Waals surface area contributed by atoms with Crippen LogP contribution in [0.15, 0.2) is 24.3 Å². The smallest absolute Gasteiger partial charge is 0.241 e. The summed E-state index contributed by atoms with van der Waals surface area (Å²) in [4.78, 5) is 12.1. The van der Waals surface area contributed by atoms with Crippen LogP contribution in [-0.4, -0.2) is 44.0 Å². The lowest BCUT2D eigenvalue weighted by Crippen LogP contribution is -2.37. The summed E-state index contributed by atoms with van der Waals surface area (Å²) in [6.45, 7) is 7.67. The van der Waals surface area contributed by atoms with Gasteiger partial charge < -0.3 is 10.6 Å². The number of nitrogens with zero attached hydrogens (tertiary/aromatic N) is 1. The van der Waals surface area contributed by atoms with Crippen LogP contribution in [0.1, 0.15) is 26.3 Å². The van der Waals surface area contributed by atoms with Gasteiger partial charge in [0, 0.05) is 25.3 Å². The minimum Gasteiger partial charge on any atom is -0.325 e. The maximum atomic E-state index is 12.1. The second kappa shape index (κ2) is 8.87. The summed E-state index contributed by atoms with van der Waals surface area (Å²) in [5.41, 5.74) is 1.57. The number of nitrogens with one attached hydrogen (secondary N) is 2. The molecule has 0 heterocycles. The second-order valence-electron chi connectivity index (χ2n) is 4.83. The van der Waals surface area contributed by atoms with Crippen LogP contribution in [0, 0.1) is 0 Å². The van der Waals surface area contributed by atoms with Crippen molar-refractivity contribution in [3.63, 3.8) is 0 Å². The molecule has 2 N–H and O–H groups in total. The number of hydrogen-bond acceptors (Lipinski definition) is 4. The molecule has 0 aliphatic rings. The summed E-state index contributed by atoms with van der Waals surface area (Å²) < 4.78 is 25.5. The van der Waals surface area contributed by atoms with E-state index >= 15 is 0 Å². The number of para-hydroxylation sites is 1. The molecular weight excluding hydrogens is 302 g/mol. The minimum atomic E-state index is -3.57. The fourth-order valence-electron chi connectivity index (χ4n) is 2.12. The average Bonchev–Trinajstić information content (AvgIpc) is 2.46. The zero-order valence-electron chi connectivity index (χ0n) is 13.4. The zero-order chi connectivity index (χ0) is 16.6. The van der Waals surface area contributed by atoms with Crippen molar-refractivity contribution in [1.29, 1.82) is 0 Å². The SMILES string of the molecule is CCNCc1ccccc1NC(=O)CS(=O)(=O)N(CC)CC. The Hall–Kier alpha value is -1.44. The maximum absolute atomic E-state index is 12.1. The monoisotopic (exact) mass is 327 g/mol. The molecule has 1 rings (SSSR count). The van der Waals surface area contributed by atoms with Crippen molar-refractivity contribution in [2.45, 2.75) is 27.3 Å². The molecule has 1 aromatic rings. The second-order valence-corrected chi connectivity index (χ2v) is 6.80. The van der Waals surface area contributed by atoms with Gasteiger partial charge in [-0.1, -0.05) is 39.0 Å². The van der Waals surface area contributed by atoms with Gasteiger partial charge in [0.25, 0.3) is 0 Å². The summed E-state index contributed by atoms with van der Waals surface area (Å²) in [7, 11) is -3.57. The van der Waals surface area contributed by atoms with Crippen LogP contribution in [0.25, 0.3) is 0 Å². The van der Waals surface area contributed by atoms with Gasteiger partial charge in [-0.25, -0.2) is 12.7 Å². The van der Waals surface area contributed by atoms with Crippen LogP contribution >= 0.6 is 0 Å². The van der Waals surface area contributed by atoms with Gasteiger partial charge in [0.15, 0.2) is 0 Å². The summed E-state index contributed by atoms with van der Waals surface area (Å²) in [6, 6.07) is 7.37. The molecule has 7 heteroatoms. The molecule has 1 amide bonds. The lowest BCUT2D eigenvalue weighted by atomic mass is 10.1. The molecule has 0 saturated heterocycles. The lowest BCUT2D eigenvalue weighted by Gasteiger charge is -2.18. The summed E-state index contributed by atoms with van der Waals surface area (Å²) in [5.74, 6) is -1.06. The van der Waals surface area contributed by atoms with Crippen molar-refractivity contribution in [1.82, 2.24) is 9.62 Å². The van der Waals surface area contributed by atoms with Gasteiger partial charge in [0.05, 0.1) is 0 Å². The molecular formula is C15H25N3O3S. The maximum Gasteiger partial charge on any atom is 0.241 e. The highest BCUT2D eigenvalue weighted by Gasteiger charge is 2.23. The van der Waals surface area contributed by atoms with E-state index in [0.717, 1.165) is 12.1 Å². The Morgan fingerprint density at radius 3 is 2.36 bits per heavy atom. The highest BCUT2D eigenvalue weighted by molar-refractivity contribution is 7.89. The first-order valence-corrected chi connectivity index (χ1v) is 9.11. The Morgan fingerprint density at radius 1 is 1.14 bits per heavy atom. The molecule has 6 nitrogen and oxygen atoms in total. The van der Waals surface area contributed by atoms with E-state index in [-0.39, 0.29) is 0 Å². The Morgan fingerprint density at radius 2 is 1.77 bits per heavy atom. The van der Waals surface area contributed by atoms with Gasteiger partial charge in [0.1, 0.15) is 5.75 Å². The Balaban J connectivity index is 2.77. The summed E-state index contributed by atoms with van der Waals surface area (Å²) in [5, 5.41) is 5.88. The summed E-state index contributed by atoms with van der Waals surface area (Å²) >= 11 is 0. The molecule has 22 heavy (non-hydrogen) atoms. The molecule has 0 unspecified atom stereocenters. The van der Waals surface area contributed by atoms with Crippen molar-refractivity contribution < 1.29 is 13.2 Å². The predicted molar refractivity (Wildman–Crippen MR) is 89.2 cm³/mol. The fraction of sp³-hybridized carbons (Fsp3) is 0.533. The minimum absolute atomic E-state index is 0.364. The number of benzene rings is 1. The molecule has 0 aliphatic carbocycles. The molecule has 1 aromatic carbocycles. The van der Waals surface area contributed by atoms with Crippen molar-refractivity contribution in [2.24, 2.45) is 0 Å². The number of carbonyl (C=O) groups excluding carboxylic acids is 1. The van der Waals surface area contributed by atoms with Gasteiger partial charge in [-0.3, -0.25) is 4.79 Å². The van der Waals surface area contributed by atoms with Gasteiger partial charge in [-0.05, 0) is 18.2 Å². The Kier molecular flexibility index (Phi) is 7.50. The van der Waals surface area contributed by atoms with Crippen molar-refractivity contribution in [3.05, 3.63) is 29.8 Å². The normalized spacial score (nSPS) is 11.6. The van der Waals surface area contributed by atoms with E-state index in [1.54, 1.807) is 19.9 Å². The van der Waals surface area contributed by atoms with E-state index in [1.165, 1.54) is 4.31 Å². The largest absolute Gasteiger partial charge is 0.325 e. The first kappa shape index (κ1) is 18.6. The Labute approximate surface area is 132 Å². The predicted octanol–water partition coefficient (Wildman–Crippen LogP) is 1.41. The van der Waals surface area contributed by atoms with Crippen LogP contribution in [0.2, 0.25) is 0 Å². The van der Waals surface area contributed by atoms with Crippen LogP contribution in [0.3, 0.4) is 0 Å². The molecule has 0 aromatic heterocycles. The number of anilines is 1.